The molecule has 0 spiro atoms. The second-order valence-corrected chi connectivity index (χ2v) is 4.07. The van der Waals surface area contributed by atoms with Crippen molar-refractivity contribution in [2.45, 2.75) is 19.1 Å². The second kappa shape index (κ2) is 6.59. The van der Waals surface area contributed by atoms with Crippen LogP contribution >= 0.6 is 0 Å². The Bertz CT molecular complexity index is 337. The summed E-state index contributed by atoms with van der Waals surface area (Å²) in [4.78, 5) is 0. The normalized spacial score (nSPS) is 20.2. The van der Waals surface area contributed by atoms with E-state index in [1.165, 1.54) is 5.56 Å². The van der Waals surface area contributed by atoms with Gasteiger partial charge in [-0.3, -0.25) is 0 Å². The third-order valence-electron chi connectivity index (χ3n) is 2.81. The van der Waals surface area contributed by atoms with Crippen LogP contribution in [-0.4, -0.2) is 33.2 Å². The minimum atomic E-state index is 0.236. The van der Waals surface area contributed by atoms with Crippen molar-refractivity contribution in [3.05, 3.63) is 29.8 Å². The second-order valence-electron chi connectivity index (χ2n) is 4.07. The zero-order chi connectivity index (χ0) is 11.9. The highest BCUT2D eigenvalue weighted by atomic mass is 16.7. The van der Waals surface area contributed by atoms with Gasteiger partial charge in [-0.15, -0.1) is 0 Å². The van der Waals surface area contributed by atoms with E-state index in [1.807, 2.05) is 12.1 Å². The summed E-state index contributed by atoms with van der Waals surface area (Å²) < 4.78 is 15.8. The van der Waals surface area contributed by atoms with Crippen LogP contribution in [0.5, 0.6) is 0 Å². The van der Waals surface area contributed by atoms with Crippen LogP contribution in [-0.2, 0) is 20.8 Å². The number of ether oxygens (including phenoxy) is 3. The number of para-hydroxylation sites is 1. The molecule has 1 aromatic carbocycles. The highest BCUT2D eigenvalue weighted by molar-refractivity contribution is 5.50. The molecule has 4 nitrogen and oxygen atoms in total. The van der Waals surface area contributed by atoms with Gasteiger partial charge < -0.3 is 19.5 Å². The summed E-state index contributed by atoms with van der Waals surface area (Å²) in [5.74, 6) is 0. The van der Waals surface area contributed by atoms with Gasteiger partial charge in [0.2, 0.25) is 0 Å². The van der Waals surface area contributed by atoms with Crippen molar-refractivity contribution in [2.75, 3.05) is 32.4 Å². The first-order valence-electron chi connectivity index (χ1n) is 5.90. The number of hydrogen-bond donors (Lipinski definition) is 1. The zero-order valence-electron chi connectivity index (χ0n) is 10.1. The molecule has 0 aliphatic carbocycles. The lowest BCUT2D eigenvalue weighted by Crippen LogP contribution is -2.30. The minimum absolute atomic E-state index is 0.236. The fraction of sp³-hybridized carbons (Fsp3) is 0.538. The number of benzene rings is 1. The Morgan fingerprint density at radius 3 is 3.06 bits per heavy atom. The van der Waals surface area contributed by atoms with Crippen LogP contribution in [0.15, 0.2) is 24.3 Å². The summed E-state index contributed by atoms with van der Waals surface area (Å²) in [6.45, 7) is 2.63. The Kier molecular flexibility index (Phi) is 4.79. The van der Waals surface area contributed by atoms with Crippen molar-refractivity contribution < 1.29 is 14.2 Å². The molecule has 1 unspecified atom stereocenters. The Morgan fingerprint density at radius 1 is 1.41 bits per heavy atom. The van der Waals surface area contributed by atoms with Gasteiger partial charge in [-0.05, 0) is 12.5 Å². The van der Waals surface area contributed by atoms with E-state index < -0.39 is 0 Å². The first kappa shape index (κ1) is 12.4. The van der Waals surface area contributed by atoms with E-state index in [0.29, 0.717) is 13.4 Å². The van der Waals surface area contributed by atoms with E-state index in [1.54, 1.807) is 7.11 Å². The molecule has 0 radical (unpaired) electrons. The zero-order valence-corrected chi connectivity index (χ0v) is 10.1. The van der Waals surface area contributed by atoms with E-state index >= 15 is 0 Å². The monoisotopic (exact) mass is 237 g/mol. The van der Waals surface area contributed by atoms with Crippen LogP contribution in [0.2, 0.25) is 0 Å². The summed E-state index contributed by atoms with van der Waals surface area (Å²) in [7, 11) is 1.71. The first-order valence-corrected chi connectivity index (χ1v) is 5.90. The molecular weight excluding hydrogens is 218 g/mol. The molecule has 1 atom stereocenters. The van der Waals surface area contributed by atoms with E-state index in [9.17, 15) is 0 Å². The average Bonchev–Trinajstić information content (AvgIpc) is 2.39. The van der Waals surface area contributed by atoms with Gasteiger partial charge in [0, 0.05) is 24.9 Å². The molecule has 1 fully saturated rings. The molecule has 17 heavy (non-hydrogen) atoms. The van der Waals surface area contributed by atoms with Gasteiger partial charge in [0.1, 0.15) is 6.79 Å². The molecule has 0 aromatic heterocycles. The van der Waals surface area contributed by atoms with Crippen molar-refractivity contribution in [3.63, 3.8) is 0 Å². The molecule has 1 heterocycles. The molecule has 0 amide bonds. The van der Waals surface area contributed by atoms with E-state index in [0.717, 1.165) is 25.3 Å². The Morgan fingerprint density at radius 2 is 2.29 bits per heavy atom. The molecule has 4 heteroatoms. The summed E-state index contributed by atoms with van der Waals surface area (Å²) in [5, 5.41) is 3.41. The summed E-state index contributed by atoms with van der Waals surface area (Å²) in [5.41, 5.74) is 2.28. The lowest BCUT2D eigenvalue weighted by molar-refractivity contribution is -0.133. The molecule has 94 valence electrons. The highest BCUT2D eigenvalue weighted by Crippen LogP contribution is 2.16. The minimum Gasteiger partial charge on any atom is -0.382 e. The first-order chi connectivity index (χ1) is 8.40. The fourth-order valence-electron chi connectivity index (χ4n) is 1.86. The summed E-state index contributed by atoms with van der Waals surface area (Å²) in [6.07, 6.45) is 1.18. The van der Waals surface area contributed by atoms with Crippen LogP contribution in [0, 0.1) is 0 Å². The van der Waals surface area contributed by atoms with Gasteiger partial charge in [-0.2, -0.15) is 0 Å². The third kappa shape index (κ3) is 3.70. The largest absolute Gasteiger partial charge is 0.382 e. The van der Waals surface area contributed by atoms with Gasteiger partial charge in [-0.1, -0.05) is 18.2 Å². The van der Waals surface area contributed by atoms with E-state index in [-0.39, 0.29) is 6.10 Å². The van der Waals surface area contributed by atoms with Crippen LogP contribution in [0.4, 0.5) is 5.69 Å². The van der Waals surface area contributed by atoms with Gasteiger partial charge >= 0.3 is 0 Å². The maximum absolute atomic E-state index is 5.48. The fourth-order valence-corrected chi connectivity index (χ4v) is 1.86. The highest BCUT2D eigenvalue weighted by Gasteiger charge is 2.14. The molecule has 1 aromatic rings. The number of methoxy groups -OCH3 is 1. The molecule has 1 aliphatic heterocycles. The Hall–Kier alpha value is -1.10. The summed E-state index contributed by atoms with van der Waals surface area (Å²) in [6, 6.07) is 8.17. The van der Waals surface area contributed by atoms with Crippen molar-refractivity contribution in [3.8, 4) is 0 Å². The number of anilines is 1. The van der Waals surface area contributed by atoms with Crippen molar-refractivity contribution in [1.29, 1.82) is 0 Å². The molecular formula is C13H19NO3. The van der Waals surface area contributed by atoms with Crippen molar-refractivity contribution >= 4 is 5.69 Å². The van der Waals surface area contributed by atoms with Gasteiger partial charge in [-0.25, -0.2) is 0 Å². The third-order valence-corrected chi connectivity index (χ3v) is 2.81. The summed E-state index contributed by atoms with van der Waals surface area (Å²) >= 11 is 0. The Labute approximate surface area is 102 Å². The molecule has 2 rings (SSSR count). The number of rotatable bonds is 5. The van der Waals surface area contributed by atoms with Crippen LogP contribution in [0.3, 0.4) is 0 Å². The maximum atomic E-state index is 5.48. The quantitative estimate of drug-likeness (QED) is 0.850. The lowest BCUT2D eigenvalue weighted by atomic mass is 10.1. The SMILES string of the molecule is COCc1ccccc1NCC1CCOCO1. The topological polar surface area (TPSA) is 39.7 Å². The van der Waals surface area contributed by atoms with E-state index in [4.69, 9.17) is 14.2 Å². The standard InChI is InChI=1S/C13H19NO3/c1-15-9-11-4-2-3-5-13(11)14-8-12-6-7-16-10-17-12/h2-5,12,14H,6-10H2,1H3. The predicted molar refractivity (Wildman–Crippen MR) is 66.0 cm³/mol. The predicted octanol–water partition coefficient (Wildman–Crippen LogP) is 2.01. The van der Waals surface area contributed by atoms with E-state index in [2.05, 4.69) is 17.4 Å². The average molecular weight is 237 g/mol. The van der Waals surface area contributed by atoms with Crippen molar-refractivity contribution in [2.24, 2.45) is 0 Å². The Balaban J connectivity index is 1.88. The number of hydrogen-bond acceptors (Lipinski definition) is 4. The van der Waals surface area contributed by atoms with Gasteiger partial charge in [0.05, 0.1) is 19.3 Å². The molecule has 1 aliphatic rings. The van der Waals surface area contributed by atoms with Crippen LogP contribution in [0.1, 0.15) is 12.0 Å². The van der Waals surface area contributed by atoms with Crippen molar-refractivity contribution in [1.82, 2.24) is 0 Å². The maximum Gasteiger partial charge on any atom is 0.147 e. The van der Waals surface area contributed by atoms with Gasteiger partial charge in [0.15, 0.2) is 0 Å². The molecule has 0 bridgehead atoms. The molecule has 1 saturated heterocycles. The van der Waals surface area contributed by atoms with Crippen LogP contribution in [0.25, 0.3) is 0 Å². The molecule has 1 N–H and O–H groups in total. The van der Waals surface area contributed by atoms with Gasteiger partial charge in [0.25, 0.3) is 0 Å². The van der Waals surface area contributed by atoms with Crippen LogP contribution < -0.4 is 5.32 Å². The smallest absolute Gasteiger partial charge is 0.147 e. The number of nitrogens with one attached hydrogen (secondary N) is 1. The molecule has 0 saturated carbocycles. The lowest BCUT2D eigenvalue weighted by Gasteiger charge is -2.24.